The summed E-state index contributed by atoms with van der Waals surface area (Å²) >= 11 is 3.23. The normalized spacial score (nSPS) is 9.47. The van der Waals surface area contributed by atoms with Gasteiger partial charge in [0.1, 0.15) is 11.8 Å². The van der Waals surface area contributed by atoms with Crippen LogP contribution in [0.4, 0.5) is 0 Å². The van der Waals surface area contributed by atoms with Crippen molar-refractivity contribution in [2.75, 3.05) is 6.61 Å². The van der Waals surface area contributed by atoms with E-state index < -0.39 is 0 Å². The minimum atomic E-state index is -0.170. The largest absolute Gasteiger partial charge is 0.493 e. The van der Waals surface area contributed by atoms with Gasteiger partial charge in [0.15, 0.2) is 5.78 Å². The summed E-state index contributed by atoms with van der Waals surface area (Å²) in [6.07, 6.45) is 0. The van der Waals surface area contributed by atoms with E-state index in [0.29, 0.717) is 28.0 Å². The fourth-order valence-electron chi connectivity index (χ4n) is 1.29. The highest BCUT2D eigenvalue weighted by Gasteiger charge is 2.16. The Bertz CT molecular complexity index is 435. The van der Waals surface area contributed by atoms with E-state index in [9.17, 15) is 4.79 Å². The fraction of sp³-hybridized carbons (Fsp3) is 0.273. The number of halogens is 1. The summed E-state index contributed by atoms with van der Waals surface area (Å²) in [5.74, 6) is 0.293. The van der Waals surface area contributed by atoms with Gasteiger partial charge in [-0.2, -0.15) is 5.26 Å². The smallest absolute Gasteiger partial charge is 0.164 e. The van der Waals surface area contributed by atoms with Crippen LogP contribution in [0, 0.1) is 11.3 Å². The maximum atomic E-state index is 11.4. The van der Waals surface area contributed by atoms with Gasteiger partial charge in [-0.1, -0.05) is 0 Å². The first-order chi connectivity index (χ1) is 7.11. The average molecular weight is 268 g/mol. The minimum absolute atomic E-state index is 0.170. The van der Waals surface area contributed by atoms with E-state index in [1.54, 1.807) is 12.1 Å². The number of carbonyl (C=O) groups is 1. The number of ketones is 1. The van der Waals surface area contributed by atoms with Crippen molar-refractivity contribution in [1.29, 1.82) is 5.26 Å². The van der Waals surface area contributed by atoms with Gasteiger partial charge in [0.05, 0.1) is 17.7 Å². The molecule has 1 aromatic rings. The van der Waals surface area contributed by atoms with E-state index in [1.165, 1.54) is 6.92 Å². The Kier molecular flexibility index (Phi) is 3.87. The SMILES string of the molecule is CCOc1ccc(Br)c(C#N)c1C(C)=O. The molecule has 0 unspecified atom stereocenters. The number of ether oxygens (including phenoxy) is 1. The summed E-state index contributed by atoms with van der Waals surface area (Å²) < 4.78 is 5.91. The molecule has 78 valence electrons. The Morgan fingerprint density at radius 3 is 2.73 bits per heavy atom. The summed E-state index contributed by atoms with van der Waals surface area (Å²) in [5.41, 5.74) is 0.669. The van der Waals surface area contributed by atoms with E-state index in [0.717, 1.165) is 0 Å². The minimum Gasteiger partial charge on any atom is -0.493 e. The van der Waals surface area contributed by atoms with Crippen LogP contribution < -0.4 is 4.74 Å². The molecular weight excluding hydrogens is 258 g/mol. The average Bonchev–Trinajstić information content (AvgIpc) is 2.20. The number of nitriles is 1. The van der Waals surface area contributed by atoms with Crippen LogP contribution >= 0.6 is 15.9 Å². The monoisotopic (exact) mass is 267 g/mol. The van der Waals surface area contributed by atoms with Gasteiger partial charge in [0, 0.05) is 4.47 Å². The Morgan fingerprint density at radius 2 is 2.27 bits per heavy atom. The first kappa shape index (κ1) is 11.7. The number of carbonyl (C=O) groups excluding carboxylic acids is 1. The molecule has 0 saturated carbocycles. The number of rotatable bonds is 3. The molecule has 0 aliphatic heterocycles. The van der Waals surface area contributed by atoms with Crippen molar-refractivity contribution in [2.45, 2.75) is 13.8 Å². The lowest BCUT2D eigenvalue weighted by molar-refractivity contribution is 0.101. The van der Waals surface area contributed by atoms with Gasteiger partial charge in [-0.05, 0) is 41.9 Å². The zero-order chi connectivity index (χ0) is 11.4. The Labute approximate surface area is 96.8 Å². The molecule has 15 heavy (non-hydrogen) atoms. The molecule has 0 heterocycles. The summed E-state index contributed by atoms with van der Waals surface area (Å²) in [5, 5.41) is 8.95. The highest BCUT2D eigenvalue weighted by Crippen LogP contribution is 2.29. The van der Waals surface area contributed by atoms with Crippen LogP contribution in [0.3, 0.4) is 0 Å². The number of nitrogens with zero attached hydrogens (tertiary/aromatic N) is 1. The van der Waals surface area contributed by atoms with Gasteiger partial charge < -0.3 is 4.74 Å². The second-order valence-electron chi connectivity index (χ2n) is 2.90. The number of Topliss-reactive ketones (excluding diaryl/α,β-unsaturated/α-hetero) is 1. The molecule has 0 saturated heterocycles. The highest BCUT2D eigenvalue weighted by molar-refractivity contribution is 9.10. The van der Waals surface area contributed by atoms with Crippen molar-refractivity contribution in [3.63, 3.8) is 0 Å². The third kappa shape index (κ3) is 2.37. The molecule has 0 aliphatic carbocycles. The molecule has 0 N–H and O–H groups in total. The van der Waals surface area contributed by atoms with Gasteiger partial charge >= 0.3 is 0 Å². The van der Waals surface area contributed by atoms with Crippen molar-refractivity contribution >= 4 is 21.7 Å². The molecule has 4 heteroatoms. The van der Waals surface area contributed by atoms with Crippen LogP contribution in [0.25, 0.3) is 0 Å². The molecule has 0 radical (unpaired) electrons. The third-order valence-corrected chi connectivity index (χ3v) is 2.54. The lowest BCUT2D eigenvalue weighted by Crippen LogP contribution is -2.04. The van der Waals surface area contributed by atoms with Crippen LogP contribution in [-0.2, 0) is 0 Å². The van der Waals surface area contributed by atoms with Crippen LogP contribution in [0.5, 0.6) is 5.75 Å². The van der Waals surface area contributed by atoms with Gasteiger partial charge in [0.25, 0.3) is 0 Å². The molecule has 3 nitrogen and oxygen atoms in total. The van der Waals surface area contributed by atoms with Gasteiger partial charge in [-0.15, -0.1) is 0 Å². The number of benzene rings is 1. The van der Waals surface area contributed by atoms with E-state index in [-0.39, 0.29) is 5.78 Å². The van der Waals surface area contributed by atoms with Crippen LogP contribution in [0.2, 0.25) is 0 Å². The quantitative estimate of drug-likeness (QED) is 0.792. The van der Waals surface area contributed by atoms with Crippen molar-refractivity contribution < 1.29 is 9.53 Å². The Balaban J connectivity index is 3.44. The van der Waals surface area contributed by atoms with Crippen LogP contribution in [-0.4, -0.2) is 12.4 Å². The maximum Gasteiger partial charge on any atom is 0.164 e. The lowest BCUT2D eigenvalue weighted by Gasteiger charge is -2.10. The van der Waals surface area contributed by atoms with Crippen LogP contribution in [0.15, 0.2) is 16.6 Å². The molecule has 1 aromatic carbocycles. The fourth-order valence-corrected chi connectivity index (χ4v) is 1.71. The zero-order valence-corrected chi connectivity index (χ0v) is 10.1. The molecule has 0 aliphatic rings. The standard InChI is InChI=1S/C11H10BrNO2/c1-3-15-10-5-4-9(12)8(6-13)11(10)7(2)14/h4-5H,3H2,1-2H3. The predicted molar refractivity (Wildman–Crippen MR) is 60.0 cm³/mol. The Morgan fingerprint density at radius 1 is 1.60 bits per heavy atom. The predicted octanol–water partition coefficient (Wildman–Crippen LogP) is 2.92. The topological polar surface area (TPSA) is 50.1 Å². The van der Waals surface area contributed by atoms with Crippen LogP contribution in [0.1, 0.15) is 29.8 Å². The van der Waals surface area contributed by atoms with E-state index in [1.807, 2.05) is 13.0 Å². The molecule has 0 amide bonds. The number of hydrogen-bond donors (Lipinski definition) is 0. The summed E-state index contributed by atoms with van der Waals surface area (Å²) in [6, 6.07) is 5.39. The molecular formula is C11H10BrNO2. The summed E-state index contributed by atoms with van der Waals surface area (Å²) in [4.78, 5) is 11.4. The van der Waals surface area contributed by atoms with Crippen molar-refractivity contribution in [3.05, 3.63) is 27.7 Å². The van der Waals surface area contributed by atoms with Gasteiger partial charge in [-0.3, -0.25) is 4.79 Å². The second-order valence-corrected chi connectivity index (χ2v) is 3.75. The van der Waals surface area contributed by atoms with E-state index in [4.69, 9.17) is 10.00 Å². The van der Waals surface area contributed by atoms with Gasteiger partial charge in [0.2, 0.25) is 0 Å². The Hall–Kier alpha value is -1.34. The third-order valence-electron chi connectivity index (χ3n) is 1.88. The van der Waals surface area contributed by atoms with Crippen molar-refractivity contribution in [1.82, 2.24) is 0 Å². The second kappa shape index (κ2) is 4.94. The lowest BCUT2D eigenvalue weighted by atomic mass is 10.0. The van der Waals surface area contributed by atoms with E-state index in [2.05, 4.69) is 15.9 Å². The molecule has 0 fully saturated rings. The van der Waals surface area contributed by atoms with Crippen molar-refractivity contribution in [3.8, 4) is 11.8 Å². The highest BCUT2D eigenvalue weighted by atomic mass is 79.9. The molecule has 1 rings (SSSR count). The molecule has 0 bridgehead atoms. The molecule has 0 spiro atoms. The molecule has 0 aromatic heterocycles. The zero-order valence-electron chi connectivity index (χ0n) is 8.50. The summed E-state index contributed by atoms with van der Waals surface area (Å²) in [7, 11) is 0. The van der Waals surface area contributed by atoms with Gasteiger partial charge in [-0.25, -0.2) is 0 Å². The maximum absolute atomic E-state index is 11.4. The molecule has 0 atom stereocenters. The van der Waals surface area contributed by atoms with E-state index >= 15 is 0 Å². The summed E-state index contributed by atoms with van der Waals surface area (Å²) in [6.45, 7) is 3.72. The number of hydrogen-bond acceptors (Lipinski definition) is 3. The first-order valence-electron chi connectivity index (χ1n) is 4.48. The van der Waals surface area contributed by atoms with Crippen molar-refractivity contribution in [2.24, 2.45) is 0 Å². The first-order valence-corrected chi connectivity index (χ1v) is 5.27.